The maximum Gasteiger partial charge on any atom is 0.179 e. The standard InChI is InChI=1S/C15H24Cl2O2/c1-4-10(19-3)6-5-9(2)11-7-8-12-13(11)15(16,17)14(12)18/h9-13H,4-8H2,1-3H3. The van der Waals surface area contributed by atoms with Gasteiger partial charge in [0.05, 0.1) is 6.10 Å². The molecular formula is C15H24Cl2O2. The second kappa shape index (κ2) is 5.91. The number of fused-ring (bicyclic) bond motifs is 1. The third-order valence-corrected chi connectivity index (χ3v) is 6.13. The molecule has 0 bridgehead atoms. The zero-order chi connectivity index (χ0) is 14.2. The van der Waals surface area contributed by atoms with Crippen molar-refractivity contribution in [3.63, 3.8) is 0 Å². The van der Waals surface area contributed by atoms with Crippen LogP contribution in [0.1, 0.15) is 46.0 Å². The lowest BCUT2D eigenvalue weighted by Gasteiger charge is -2.45. The number of methoxy groups -OCH3 is 1. The van der Waals surface area contributed by atoms with Gasteiger partial charge in [-0.25, -0.2) is 0 Å². The van der Waals surface area contributed by atoms with Gasteiger partial charge in [-0.3, -0.25) is 4.79 Å². The van der Waals surface area contributed by atoms with Gasteiger partial charge in [0.15, 0.2) is 10.1 Å². The molecule has 0 heterocycles. The molecule has 110 valence electrons. The summed E-state index contributed by atoms with van der Waals surface area (Å²) in [7, 11) is 1.78. The Balaban J connectivity index is 1.90. The minimum Gasteiger partial charge on any atom is -0.381 e. The molecule has 2 saturated carbocycles. The Bertz CT molecular complexity index is 339. The molecule has 0 aromatic carbocycles. The minimum absolute atomic E-state index is 0.0545. The fourth-order valence-electron chi connectivity index (χ4n) is 3.95. The van der Waals surface area contributed by atoms with Gasteiger partial charge in [-0.15, -0.1) is 0 Å². The molecule has 5 unspecified atom stereocenters. The highest BCUT2D eigenvalue weighted by Gasteiger charge is 2.65. The maximum absolute atomic E-state index is 11.8. The Labute approximate surface area is 126 Å². The van der Waals surface area contributed by atoms with Crippen molar-refractivity contribution in [1.82, 2.24) is 0 Å². The van der Waals surface area contributed by atoms with E-state index in [4.69, 9.17) is 27.9 Å². The molecule has 5 atom stereocenters. The van der Waals surface area contributed by atoms with Crippen molar-refractivity contribution in [3.8, 4) is 0 Å². The van der Waals surface area contributed by atoms with E-state index in [1.165, 1.54) is 0 Å². The van der Waals surface area contributed by atoms with E-state index in [0.29, 0.717) is 17.9 Å². The van der Waals surface area contributed by atoms with Gasteiger partial charge in [-0.2, -0.15) is 0 Å². The van der Waals surface area contributed by atoms with E-state index in [0.717, 1.165) is 32.1 Å². The molecule has 2 rings (SSSR count). The average Bonchev–Trinajstić information content (AvgIpc) is 2.82. The van der Waals surface area contributed by atoms with Gasteiger partial charge in [0, 0.05) is 18.9 Å². The van der Waals surface area contributed by atoms with Crippen LogP contribution in [0, 0.1) is 23.7 Å². The number of carbonyl (C=O) groups excluding carboxylic acids is 1. The van der Waals surface area contributed by atoms with E-state index in [9.17, 15) is 4.79 Å². The van der Waals surface area contributed by atoms with Crippen LogP contribution >= 0.6 is 23.2 Å². The zero-order valence-corrected chi connectivity index (χ0v) is 13.5. The van der Waals surface area contributed by atoms with Crippen LogP contribution in [0.5, 0.6) is 0 Å². The third-order valence-electron chi connectivity index (χ3n) is 5.25. The number of alkyl halides is 2. The van der Waals surface area contributed by atoms with Crippen molar-refractivity contribution in [2.45, 2.75) is 56.4 Å². The summed E-state index contributed by atoms with van der Waals surface area (Å²) < 4.78 is 4.32. The van der Waals surface area contributed by atoms with E-state index < -0.39 is 4.33 Å². The Hall–Kier alpha value is 0.210. The number of ketones is 1. The van der Waals surface area contributed by atoms with Crippen molar-refractivity contribution < 1.29 is 9.53 Å². The van der Waals surface area contributed by atoms with Gasteiger partial charge in [0.2, 0.25) is 0 Å². The van der Waals surface area contributed by atoms with Crippen LogP contribution in [0.4, 0.5) is 0 Å². The van der Waals surface area contributed by atoms with E-state index in [-0.39, 0.29) is 17.6 Å². The first-order chi connectivity index (χ1) is 8.93. The van der Waals surface area contributed by atoms with Gasteiger partial charge in [0.25, 0.3) is 0 Å². The summed E-state index contributed by atoms with van der Waals surface area (Å²) in [6.45, 7) is 4.42. The first-order valence-electron chi connectivity index (χ1n) is 7.38. The number of hydrogen-bond donors (Lipinski definition) is 0. The van der Waals surface area contributed by atoms with Crippen LogP contribution in [0.3, 0.4) is 0 Å². The SMILES string of the molecule is CCC(CCC(C)C1CCC2C(=O)C(Cl)(Cl)C21)OC. The van der Waals surface area contributed by atoms with Gasteiger partial charge >= 0.3 is 0 Å². The molecular weight excluding hydrogens is 283 g/mol. The largest absolute Gasteiger partial charge is 0.381 e. The van der Waals surface area contributed by atoms with Crippen molar-refractivity contribution in [1.29, 1.82) is 0 Å². The molecule has 19 heavy (non-hydrogen) atoms. The molecule has 0 aromatic rings. The van der Waals surface area contributed by atoms with Crippen LogP contribution in [-0.2, 0) is 9.53 Å². The maximum atomic E-state index is 11.8. The molecule has 0 N–H and O–H groups in total. The summed E-state index contributed by atoms with van der Waals surface area (Å²) in [6.07, 6.45) is 5.66. The van der Waals surface area contributed by atoms with Crippen molar-refractivity contribution in [2.75, 3.05) is 7.11 Å². The molecule has 0 aromatic heterocycles. The topological polar surface area (TPSA) is 26.3 Å². The lowest BCUT2D eigenvalue weighted by atomic mass is 9.67. The number of hydrogen-bond acceptors (Lipinski definition) is 2. The summed E-state index contributed by atoms with van der Waals surface area (Å²) in [5, 5.41) is 0. The number of carbonyl (C=O) groups is 1. The van der Waals surface area contributed by atoms with Crippen molar-refractivity contribution in [3.05, 3.63) is 0 Å². The van der Waals surface area contributed by atoms with Gasteiger partial charge in [-0.05, 0) is 43.9 Å². The average molecular weight is 307 g/mol. The Morgan fingerprint density at radius 3 is 2.63 bits per heavy atom. The molecule has 4 heteroatoms. The summed E-state index contributed by atoms with van der Waals surface area (Å²) >= 11 is 12.4. The monoisotopic (exact) mass is 306 g/mol. The summed E-state index contributed by atoms with van der Waals surface area (Å²) in [5.74, 6) is 1.42. The second-order valence-electron chi connectivity index (χ2n) is 6.18. The van der Waals surface area contributed by atoms with E-state index in [2.05, 4.69) is 13.8 Å². The second-order valence-corrected chi connectivity index (χ2v) is 7.57. The van der Waals surface area contributed by atoms with Crippen LogP contribution in [0.15, 0.2) is 0 Å². The first-order valence-corrected chi connectivity index (χ1v) is 8.14. The summed E-state index contributed by atoms with van der Waals surface area (Å²) in [6, 6.07) is 0. The van der Waals surface area contributed by atoms with E-state index >= 15 is 0 Å². The van der Waals surface area contributed by atoms with E-state index in [1.54, 1.807) is 7.11 Å². The van der Waals surface area contributed by atoms with E-state index in [1.807, 2.05) is 0 Å². The predicted molar refractivity (Wildman–Crippen MR) is 78.6 cm³/mol. The van der Waals surface area contributed by atoms with Gasteiger partial charge in [-0.1, -0.05) is 37.0 Å². The minimum atomic E-state index is -1.11. The molecule has 2 nitrogen and oxygen atoms in total. The third kappa shape index (κ3) is 2.69. The summed E-state index contributed by atoms with van der Waals surface area (Å²) in [5.41, 5.74) is 0. The van der Waals surface area contributed by atoms with Crippen LogP contribution < -0.4 is 0 Å². The Kier molecular flexibility index (Phi) is 4.85. The van der Waals surface area contributed by atoms with Crippen molar-refractivity contribution in [2.24, 2.45) is 23.7 Å². The molecule has 0 aliphatic heterocycles. The Morgan fingerprint density at radius 1 is 1.37 bits per heavy atom. The fraction of sp³-hybridized carbons (Fsp3) is 0.933. The molecule has 2 fully saturated rings. The molecule has 0 radical (unpaired) electrons. The fourth-order valence-corrected chi connectivity index (χ4v) is 4.86. The number of rotatable bonds is 6. The lowest BCUT2D eigenvalue weighted by molar-refractivity contribution is -0.135. The quantitative estimate of drug-likeness (QED) is 0.687. The van der Waals surface area contributed by atoms with Gasteiger partial charge in [0.1, 0.15) is 0 Å². The highest BCUT2D eigenvalue weighted by molar-refractivity contribution is 6.60. The van der Waals surface area contributed by atoms with Crippen molar-refractivity contribution >= 4 is 29.0 Å². The predicted octanol–water partition coefficient (Wildman–Crippen LogP) is 4.23. The zero-order valence-electron chi connectivity index (χ0n) is 12.0. The van der Waals surface area contributed by atoms with Crippen LogP contribution in [-0.4, -0.2) is 23.3 Å². The first kappa shape index (κ1) is 15.6. The Morgan fingerprint density at radius 2 is 2.05 bits per heavy atom. The molecule has 2 aliphatic rings. The number of halogens is 2. The molecule has 2 aliphatic carbocycles. The molecule has 0 amide bonds. The highest BCUT2D eigenvalue weighted by Crippen LogP contribution is 2.61. The van der Waals surface area contributed by atoms with Crippen LogP contribution in [0.2, 0.25) is 0 Å². The number of Topliss-reactive ketones (excluding diaryl/α,β-unsaturated/α-hetero) is 1. The molecule has 0 saturated heterocycles. The smallest absolute Gasteiger partial charge is 0.179 e. The van der Waals surface area contributed by atoms with Crippen LogP contribution in [0.25, 0.3) is 0 Å². The molecule has 0 spiro atoms. The normalized spacial score (nSPS) is 35.6. The summed E-state index contributed by atoms with van der Waals surface area (Å²) in [4.78, 5) is 11.8. The number of ether oxygens (including phenoxy) is 1. The van der Waals surface area contributed by atoms with Gasteiger partial charge < -0.3 is 4.74 Å². The lowest BCUT2D eigenvalue weighted by Crippen LogP contribution is -2.56. The highest BCUT2D eigenvalue weighted by atomic mass is 35.5.